The first-order valence-corrected chi connectivity index (χ1v) is 8.91. The Balaban J connectivity index is 1.87. The summed E-state index contributed by atoms with van der Waals surface area (Å²) in [6.45, 7) is -0.150. The SMILES string of the molecule is CN(C)c1ccc2nnc(CNS(=O)(=O)c3cscc3F)n2n1. The number of nitrogens with zero attached hydrogens (tertiary/aromatic N) is 5. The molecule has 23 heavy (non-hydrogen) atoms. The smallest absolute Gasteiger partial charge is 0.244 e. The normalized spacial score (nSPS) is 12.0. The van der Waals surface area contributed by atoms with E-state index in [-0.39, 0.29) is 11.4 Å². The van der Waals surface area contributed by atoms with Crippen molar-refractivity contribution in [3.63, 3.8) is 0 Å². The van der Waals surface area contributed by atoms with E-state index in [1.807, 2.05) is 14.1 Å². The lowest BCUT2D eigenvalue weighted by Crippen LogP contribution is -2.25. The molecule has 0 saturated carbocycles. The van der Waals surface area contributed by atoms with E-state index in [0.29, 0.717) is 17.3 Å². The number of sulfonamides is 1. The Hall–Kier alpha value is -2.11. The molecule has 0 radical (unpaired) electrons. The van der Waals surface area contributed by atoms with Gasteiger partial charge in [0.15, 0.2) is 17.3 Å². The van der Waals surface area contributed by atoms with Crippen molar-refractivity contribution in [2.45, 2.75) is 11.4 Å². The summed E-state index contributed by atoms with van der Waals surface area (Å²) in [5.74, 6) is 0.204. The number of fused-ring (bicyclic) bond motifs is 1. The second-order valence-corrected chi connectivity index (χ2v) is 7.36. The second kappa shape index (κ2) is 5.83. The molecule has 0 spiro atoms. The van der Waals surface area contributed by atoms with Crippen LogP contribution in [0.1, 0.15) is 5.82 Å². The highest BCUT2D eigenvalue weighted by Gasteiger charge is 2.21. The first kappa shape index (κ1) is 15.8. The van der Waals surface area contributed by atoms with E-state index >= 15 is 0 Å². The Morgan fingerprint density at radius 1 is 1.30 bits per heavy atom. The largest absolute Gasteiger partial charge is 0.361 e. The molecule has 11 heteroatoms. The van der Waals surface area contributed by atoms with Crippen LogP contribution in [0.25, 0.3) is 5.65 Å². The summed E-state index contributed by atoms with van der Waals surface area (Å²) < 4.78 is 41.4. The van der Waals surface area contributed by atoms with Gasteiger partial charge in [-0.2, -0.15) is 4.52 Å². The van der Waals surface area contributed by atoms with Gasteiger partial charge in [-0.3, -0.25) is 0 Å². The lowest BCUT2D eigenvalue weighted by Gasteiger charge is -2.11. The van der Waals surface area contributed by atoms with Crippen LogP contribution in [0.15, 0.2) is 27.8 Å². The molecular weight excluding hydrogens is 343 g/mol. The minimum atomic E-state index is -3.95. The van der Waals surface area contributed by atoms with Gasteiger partial charge in [-0.15, -0.1) is 26.6 Å². The van der Waals surface area contributed by atoms with Crippen LogP contribution in [-0.4, -0.2) is 42.3 Å². The Bertz CT molecular complexity index is 950. The van der Waals surface area contributed by atoms with E-state index in [9.17, 15) is 12.8 Å². The van der Waals surface area contributed by atoms with Gasteiger partial charge in [0.1, 0.15) is 10.7 Å². The molecule has 1 N–H and O–H groups in total. The van der Waals surface area contributed by atoms with Crippen LogP contribution >= 0.6 is 11.3 Å². The summed E-state index contributed by atoms with van der Waals surface area (Å²) in [6, 6.07) is 3.50. The van der Waals surface area contributed by atoms with Gasteiger partial charge in [-0.25, -0.2) is 17.5 Å². The summed E-state index contributed by atoms with van der Waals surface area (Å²) in [5.41, 5.74) is 0.492. The summed E-state index contributed by atoms with van der Waals surface area (Å²) in [7, 11) is -0.286. The summed E-state index contributed by atoms with van der Waals surface area (Å²) in [6.07, 6.45) is 0. The number of nitrogens with one attached hydrogen (secondary N) is 1. The number of halogens is 1. The van der Waals surface area contributed by atoms with Gasteiger partial charge < -0.3 is 4.90 Å². The monoisotopic (exact) mass is 356 g/mol. The average Bonchev–Trinajstić information content (AvgIpc) is 3.11. The van der Waals surface area contributed by atoms with Crippen molar-refractivity contribution < 1.29 is 12.8 Å². The van der Waals surface area contributed by atoms with Crippen LogP contribution in [0, 0.1) is 5.82 Å². The molecule has 3 heterocycles. The molecule has 0 aliphatic carbocycles. The number of rotatable bonds is 5. The predicted octanol–water partition coefficient (Wildman–Crippen LogP) is 0.869. The van der Waals surface area contributed by atoms with Crippen LogP contribution in [0.5, 0.6) is 0 Å². The van der Waals surface area contributed by atoms with Crippen molar-refractivity contribution in [2.75, 3.05) is 19.0 Å². The molecule has 0 aliphatic rings. The molecule has 3 rings (SSSR count). The van der Waals surface area contributed by atoms with Crippen molar-refractivity contribution in [1.82, 2.24) is 24.5 Å². The van der Waals surface area contributed by atoms with E-state index in [1.165, 1.54) is 9.90 Å². The van der Waals surface area contributed by atoms with Crippen LogP contribution in [0.3, 0.4) is 0 Å². The fourth-order valence-corrected chi connectivity index (χ4v) is 3.96. The highest BCUT2D eigenvalue weighted by atomic mass is 32.2. The summed E-state index contributed by atoms with van der Waals surface area (Å²) in [5, 5.41) is 14.5. The van der Waals surface area contributed by atoms with Gasteiger partial charge in [0.2, 0.25) is 10.0 Å². The quantitative estimate of drug-likeness (QED) is 0.729. The van der Waals surface area contributed by atoms with E-state index < -0.39 is 15.8 Å². The molecular formula is C12H13FN6O2S2. The van der Waals surface area contributed by atoms with Crippen LogP contribution in [-0.2, 0) is 16.6 Å². The molecule has 0 aliphatic heterocycles. The summed E-state index contributed by atoms with van der Waals surface area (Å²) in [4.78, 5) is 1.42. The molecule has 3 aromatic rings. The Labute approximate surface area is 135 Å². The first-order chi connectivity index (χ1) is 10.9. The van der Waals surface area contributed by atoms with Gasteiger partial charge in [0, 0.05) is 24.9 Å². The Kier molecular flexibility index (Phi) is 4.00. The molecule has 0 amide bonds. The molecule has 0 fully saturated rings. The number of hydrogen-bond donors (Lipinski definition) is 1. The zero-order valence-electron chi connectivity index (χ0n) is 12.3. The van der Waals surface area contributed by atoms with E-state index in [4.69, 9.17) is 0 Å². The zero-order valence-corrected chi connectivity index (χ0v) is 13.9. The standard InChI is InChI=1S/C12H13FN6O2S2/c1-18(2)11-4-3-10-15-16-12(19(10)17-11)5-14-23(20,21)9-7-22-6-8(9)13/h3-4,6-7,14H,5H2,1-2H3. The lowest BCUT2D eigenvalue weighted by atomic mass is 10.5. The average molecular weight is 356 g/mol. The second-order valence-electron chi connectivity index (χ2n) is 4.88. The van der Waals surface area contributed by atoms with Gasteiger partial charge >= 0.3 is 0 Å². The van der Waals surface area contributed by atoms with Gasteiger partial charge in [-0.1, -0.05) is 0 Å². The van der Waals surface area contributed by atoms with E-state index in [0.717, 1.165) is 16.7 Å². The van der Waals surface area contributed by atoms with E-state index in [2.05, 4.69) is 20.0 Å². The molecule has 0 saturated heterocycles. The Morgan fingerprint density at radius 2 is 2.09 bits per heavy atom. The fraction of sp³-hybridized carbons (Fsp3) is 0.250. The molecule has 0 bridgehead atoms. The van der Waals surface area contributed by atoms with Crippen LogP contribution in [0.2, 0.25) is 0 Å². The van der Waals surface area contributed by atoms with Crippen molar-refractivity contribution in [1.29, 1.82) is 0 Å². The van der Waals surface area contributed by atoms with Crippen molar-refractivity contribution in [3.05, 3.63) is 34.5 Å². The molecule has 8 nitrogen and oxygen atoms in total. The highest BCUT2D eigenvalue weighted by molar-refractivity contribution is 7.89. The third-order valence-electron chi connectivity index (χ3n) is 3.06. The number of anilines is 1. The summed E-state index contributed by atoms with van der Waals surface area (Å²) >= 11 is 0.979. The molecule has 0 atom stereocenters. The molecule has 0 aromatic carbocycles. The van der Waals surface area contributed by atoms with E-state index in [1.54, 1.807) is 17.0 Å². The number of aromatic nitrogens is 4. The van der Waals surface area contributed by atoms with Crippen molar-refractivity contribution in [2.24, 2.45) is 0 Å². The Morgan fingerprint density at radius 3 is 2.74 bits per heavy atom. The van der Waals surface area contributed by atoms with Crippen LogP contribution < -0.4 is 9.62 Å². The predicted molar refractivity (Wildman–Crippen MR) is 83.4 cm³/mol. The number of hydrogen-bond acceptors (Lipinski definition) is 7. The first-order valence-electron chi connectivity index (χ1n) is 6.48. The van der Waals surface area contributed by atoms with Crippen LogP contribution in [0.4, 0.5) is 10.2 Å². The van der Waals surface area contributed by atoms with Crippen molar-refractivity contribution >= 4 is 32.8 Å². The van der Waals surface area contributed by atoms with Crippen molar-refractivity contribution in [3.8, 4) is 0 Å². The van der Waals surface area contributed by atoms with Gasteiger partial charge in [0.05, 0.1) is 6.54 Å². The maximum absolute atomic E-state index is 13.4. The lowest BCUT2D eigenvalue weighted by molar-refractivity contribution is 0.558. The molecule has 122 valence electrons. The maximum Gasteiger partial charge on any atom is 0.244 e. The highest BCUT2D eigenvalue weighted by Crippen LogP contribution is 2.18. The zero-order chi connectivity index (χ0) is 16.6. The molecule has 0 unspecified atom stereocenters. The maximum atomic E-state index is 13.4. The van der Waals surface area contributed by atoms with Gasteiger partial charge in [-0.05, 0) is 12.1 Å². The number of thiophene rings is 1. The third kappa shape index (κ3) is 3.02. The topological polar surface area (TPSA) is 92.5 Å². The molecule has 3 aromatic heterocycles. The fourth-order valence-electron chi connectivity index (χ4n) is 1.87. The van der Waals surface area contributed by atoms with Gasteiger partial charge in [0.25, 0.3) is 0 Å². The minimum absolute atomic E-state index is 0.150. The third-order valence-corrected chi connectivity index (χ3v) is 5.34. The minimum Gasteiger partial charge on any atom is -0.361 e.